The molecule has 1 aliphatic heterocycles. The number of halogens is 1. The van der Waals surface area contributed by atoms with Gasteiger partial charge in [-0.15, -0.1) is 0 Å². The number of carbonyl (C=O) groups is 1. The number of thiazole rings is 1. The number of benzene rings is 2. The van der Waals surface area contributed by atoms with Gasteiger partial charge in [0.1, 0.15) is 11.8 Å². The van der Waals surface area contributed by atoms with E-state index in [2.05, 4.69) is 27.6 Å². The van der Waals surface area contributed by atoms with Gasteiger partial charge in [-0.2, -0.15) is 5.26 Å². The number of esters is 1. The predicted octanol–water partition coefficient (Wildman–Crippen LogP) is 3.31. The van der Waals surface area contributed by atoms with Crippen molar-refractivity contribution in [3.63, 3.8) is 0 Å². The van der Waals surface area contributed by atoms with Crippen LogP contribution in [0.15, 0.2) is 69.6 Å². The molecular weight excluding hydrogens is 565 g/mol. The lowest BCUT2D eigenvalue weighted by atomic mass is 9.95. The van der Waals surface area contributed by atoms with Crippen molar-refractivity contribution < 1.29 is 14.3 Å². The number of methoxy groups -OCH3 is 1. The molecule has 1 aromatic heterocycles. The largest absolute Gasteiger partial charge is 0.478 e. The predicted molar refractivity (Wildman–Crippen MR) is 137 cm³/mol. The first-order valence-corrected chi connectivity index (χ1v) is 12.3. The van der Waals surface area contributed by atoms with E-state index in [-0.39, 0.29) is 12.2 Å². The average molecular weight is 585 g/mol. The second kappa shape index (κ2) is 10.4. The molecule has 0 saturated heterocycles. The molecule has 1 aliphatic rings. The number of hydrogen-bond acceptors (Lipinski definition) is 7. The summed E-state index contributed by atoms with van der Waals surface area (Å²) in [6.07, 6.45) is 2.33. The lowest BCUT2D eigenvalue weighted by Crippen LogP contribution is -2.40. The quantitative estimate of drug-likeness (QED) is 0.327. The normalized spacial score (nSPS) is 15.4. The molecule has 4 rings (SSSR count). The van der Waals surface area contributed by atoms with Gasteiger partial charge in [0.15, 0.2) is 11.4 Å². The van der Waals surface area contributed by atoms with Gasteiger partial charge in [0, 0.05) is 0 Å². The summed E-state index contributed by atoms with van der Waals surface area (Å²) in [5.74, 6) is 0.117. The maximum Gasteiger partial charge on any atom is 0.338 e. The van der Waals surface area contributed by atoms with Gasteiger partial charge >= 0.3 is 5.97 Å². The zero-order valence-electron chi connectivity index (χ0n) is 18.4. The molecule has 3 aromatic rings. The Morgan fingerprint density at radius 3 is 2.71 bits per heavy atom. The molecule has 172 valence electrons. The Hall–Kier alpha value is -3.23. The first-order valence-electron chi connectivity index (χ1n) is 10.5. The third-order valence-corrected chi connectivity index (χ3v) is 7.14. The average Bonchev–Trinajstić information content (AvgIpc) is 3.16. The van der Waals surface area contributed by atoms with E-state index in [1.165, 1.54) is 18.4 Å². The van der Waals surface area contributed by atoms with E-state index in [0.29, 0.717) is 32.8 Å². The third kappa shape index (κ3) is 4.56. The summed E-state index contributed by atoms with van der Waals surface area (Å²) in [7, 11) is 1.33. The molecule has 0 aliphatic carbocycles. The van der Waals surface area contributed by atoms with Crippen LogP contribution in [0.2, 0.25) is 0 Å². The molecule has 9 heteroatoms. The van der Waals surface area contributed by atoms with Crippen molar-refractivity contribution in [1.82, 2.24) is 4.57 Å². The fourth-order valence-corrected chi connectivity index (χ4v) is 5.52. The molecular formula is C25H20IN3O4S. The Morgan fingerprint density at radius 1 is 1.29 bits per heavy atom. The Balaban J connectivity index is 1.89. The lowest BCUT2D eigenvalue weighted by molar-refractivity contribution is -0.136. The highest BCUT2D eigenvalue weighted by atomic mass is 127. The van der Waals surface area contributed by atoms with Crippen LogP contribution in [-0.2, 0) is 9.53 Å². The van der Waals surface area contributed by atoms with Crippen molar-refractivity contribution in [2.24, 2.45) is 4.99 Å². The summed E-state index contributed by atoms with van der Waals surface area (Å²) in [6.45, 7) is 1.89. The van der Waals surface area contributed by atoms with Crippen molar-refractivity contribution in [3.8, 4) is 11.8 Å². The monoisotopic (exact) mass is 585 g/mol. The van der Waals surface area contributed by atoms with E-state index in [0.717, 1.165) is 14.7 Å². The van der Waals surface area contributed by atoms with Crippen LogP contribution < -0.4 is 19.6 Å². The highest BCUT2D eigenvalue weighted by Gasteiger charge is 2.33. The second-order valence-corrected chi connectivity index (χ2v) is 9.51. The minimum absolute atomic E-state index is 0.0320. The molecule has 0 spiro atoms. The van der Waals surface area contributed by atoms with E-state index >= 15 is 0 Å². The molecule has 7 nitrogen and oxygen atoms in total. The number of nitriles is 1. The van der Waals surface area contributed by atoms with Crippen molar-refractivity contribution >= 4 is 46.0 Å². The summed E-state index contributed by atoms with van der Waals surface area (Å²) in [5.41, 5.74) is 2.39. The Kier molecular flexibility index (Phi) is 7.29. The van der Waals surface area contributed by atoms with Crippen LogP contribution in [0.5, 0.6) is 5.75 Å². The molecule has 0 saturated carbocycles. The molecule has 0 unspecified atom stereocenters. The van der Waals surface area contributed by atoms with Crippen molar-refractivity contribution in [3.05, 3.63) is 94.2 Å². The second-order valence-electron chi connectivity index (χ2n) is 7.34. The van der Waals surface area contributed by atoms with Gasteiger partial charge in [-0.05, 0) is 58.3 Å². The number of ether oxygens (including phenoxy) is 2. The molecule has 1 atom stereocenters. The third-order valence-electron chi connectivity index (χ3n) is 5.31. The minimum Gasteiger partial charge on any atom is -0.478 e. The Labute approximate surface area is 213 Å². The maximum absolute atomic E-state index is 13.6. The van der Waals surface area contributed by atoms with E-state index < -0.39 is 12.0 Å². The first-order chi connectivity index (χ1) is 16.5. The van der Waals surface area contributed by atoms with Crippen LogP contribution in [0.1, 0.15) is 30.5 Å². The summed E-state index contributed by atoms with van der Waals surface area (Å²) in [6, 6.07) is 16.3. The molecule has 0 radical (unpaired) electrons. The van der Waals surface area contributed by atoms with Gasteiger partial charge in [0.2, 0.25) is 0 Å². The SMILES string of the molecule is CCC1=C(C(=O)OC)[C@H](c2ccccc2)n2c(s/c(=C\c3ccc(OCC#N)c(I)c3)c2=O)=N1. The number of fused-ring (bicyclic) bond motifs is 1. The molecule has 2 heterocycles. The summed E-state index contributed by atoms with van der Waals surface area (Å²) >= 11 is 3.42. The fraction of sp³-hybridized carbons (Fsp3) is 0.200. The van der Waals surface area contributed by atoms with E-state index in [1.54, 1.807) is 16.7 Å². The fourth-order valence-electron chi connectivity index (χ4n) is 3.80. The summed E-state index contributed by atoms with van der Waals surface area (Å²) in [4.78, 5) is 31.6. The van der Waals surface area contributed by atoms with E-state index in [1.807, 2.05) is 55.5 Å². The van der Waals surface area contributed by atoms with Gasteiger partial charge < -0.3 is 9.47 Å². The lowest BCUT2D eigenvalue weighted by Gasteiger charge is -2.25. The van der Waals surface area contributed by atoms with Gasteiger partial charge in [-0.1, -0.05) is 54.7 Å². The van der Waals surface area contributed by atoms with Gasteiger partial charge in [0.25, 0.3) is 5.56 Å². The Morgan fingerprint density at radius 2 is 2.06 bits per heavy atom. The number of carbonyl (C=O) groups excluding carboxylic acids is 1. The van der Waals surface area contributed by atoms with Crippen LogP contribution in [-0.4, -0.2) is 24.3 Å². The molecule has 0 amide bonds. The van der Waals surface area contributed by atoms with Crippen molar-refractivity contribution in [1.29, 1.82) is 5.26 Å². The van der Waals surface area contributed by atoms with E-state index in [9.17, 15) is 9.59 Å². The smallest absolute Gasteiger partial charge is 0.338 e. The van der Waals surface area contributed by atoms with Gasteiger partial charge in [-0.3, -0.25) is 9.36 Å². The minimum atomic E-state index is -0.621. The zero-order chi connectivity index (χ0) is 24.2. The van der Waals surface area contributed by atoms with Crippen LogP contribution >= 0.6 is 33.9 Å². The number of nitrogens with zero attached hydrogens (tertiary/aromatic N) is 3. The highest BCUT2D eigenvalue weighted by molar-refractivity contribution is 14.1. The molecule has 0 fully saturated rings. The topological polar surface area (TPSA) is 93.7 Å². The highest BCUT2D eigenvalue weighted by Crippen LogP contribution is 2.31. The van der Waals surface area contributed by atoms with E-state index in [4.69, 9.17) is 14.7 Å². The molecule has 0 N–H and O–H groups in total. The van der Waals surface area contributed by atoms with Crippen LogP contribution in [0.25, 0.3) is 6.08 Å². The number of allylic oxidation sites excluding steroid dienone is 1. The number of rotatable bonds is 6. The number of aromatic nitrogens is 1. The summed E-state index contributed by atoms with van der Waals surface area (Å²) in [5, 5.41) is 8.73. The molecule has 0 bridgehead atoms. The zero-order valence-corrected chi connectivity index (χ0v) is 21.4. The van der Waals surface area contributed by atoms with Crippen molar-refractivity contribution in [2.75, 3.05) is 13.7 Å². The molecule has 2 aromatic carbocycles. The molecule has 34 heavy (non-hydrogen) atoms. The standard InChI is InChI=1S/C25H20IN3O4S/c1-3-18-21(24(31)32-2)22(16-7-5-4-6-8-16)29-23(30)20(34-25(29)28-18)14-15-9-10-19(17(26)13-15)33-12-11-27/h4-10,13-14,22H,3,12H2,1-2H3/b20-14-/t22-/m0/s1. The van der Waals surface area contributed by atoms with Crippen LogP contribution in [0, 0.1) is 14.9 Å². The van der Waals surface area contributed by atoms with Crippen molar-refractivity contribution in [2.45, 2.75) is 19.4 Å². The van der Waals surface area contributed by atoms with Gasteiger partial charge in [-0.25, -0.2) is 9.79 Å². The summed E-state index contributed by atoms with van der Waals surface area (Å²) < 4.78 is 13.4. The van der Waals surface area contributed by atoms with Gasteiger partial charge in [0.05, 0.1) is 32.5 Å². The Bertz CT molecular complexity index is 1500. The number of hydrogen-bond donors (Lipinski definition) is 0. The van der Waals surface area contributed by atoms with Crippen LogP contribution in [0.4, 0.5) is 0 Å². The maximum atomic E-state index is 13.6. The van der Waals surface area contributed by atoms with Crippen LogP contribution in [0.3, 0.4) is 0 Å². The first kappa shape index (κ1) is 23.9.